The van der Waals surface area contributed by atoms with Gasteiger partial charge in [0.2, 0.25) is 0 Å². The Morgan fingerprint density at radius 1 is 1.29 bits per heavy atom. The molecule has 0 atom stereocenters. The quantitative estimate of drug-likeness (QED) is 0.869. The van der Waals surface area contributed by atoms with Gasteiger partial charge in [0.15, 0.2) is 5.82 Å². The highest BCUT2D eigenvalue weighted by molar-refractivity contribution is 6.33. The number of halogens is 2. The molecular formula is C17H20ClFN4O. The summed E-state index contributed by atoms with van der Waals surface area (Å²) >= 11 is 6.12. The Balaban J connectivity index is 1.61. The molecule has 1 aromatic heterocycles. The van der Waals surface area contributed by atoms with Crippen molar-refractivity contribution in [2.45, 2.75) is 44.7 Å². The van der Waals surface area contributed by atoms with Gasteiger partial charge in [-0.3, -0.25) is 10.00 Å². The number of benzene rings is 1. The lowest BCUT2D eigenvalue weighted by Gasteiger charge is -2.22. The number of rotatable bonds is 4. The van der Waals surface area contributed by atoms with Gasteiger partial charge in [0.1, 0.15) is 10.8 Å². The number of carbonyl (C=O) groups excluding carboxylic acids is 1. The van der Waals surface area contributed by atoms with Gasteiger partial charge in [-0.25, -0.2) is 9.18 Å². The number of hydrogen-bond acceptors (Lipinski definition) is 2. The third-order valence-electron chi connectivity index (χ3n) is 4.18. The predicted octanol–water partition coefficient (Wildman–Crippen LogP) is 4.18. The van der Waals surface area contributed by atoms with Crippen molar-refractivity contribution in [3.8, 4) is 0 Å². The Morgan fingerprint density at radius 2 is 2.04 bits per heavy atom. The van der Waals surface area contributed by atoms with Crippen LogP contribution in [0.15, 0.2) is 30.5 Å². The van der Waals surface area contributed by atoms with Crippen molar-refractivity contribution in [3.63, 3.8) is 0 Å². The van der Waals surface area contributed by atoms with Gasteiger partial charge in [-0.05, 0) is 18.9 Å². The van der Waals surface area contributed by atoms with E-state index in [1.807, 2.05) is 0 Å². The van der Waals surface area contributed by atoms with Crippen molar-refractivity contribution in [3.05, 3.63) is 46.9 Å². The normalized spacial score (nSPS) is 15.2. The molecule has 0 radical (unpaired) electrons. The summed E-state index contributed by atoms with van der Waals surface area (Å²) in [6, 6.07) is 6.39. The molecule has 0 unspecified atom stereocenters. The average molecular weight is 351 g/mol. The van der Waals surface area contributed by atoms with E-state index in [1.165, 1.54) is 17.2 Å². The molecule has 3 rings (SSSR count). The first-order valence-corrected chi connectivity index (χ1v) is 8.53. The van der Waals surface area contributed by atoms with Crippen molar-refractivity contribution >= 4 is 23.4 Å². The highest BCUT2D eigenvalue weighted by atomic mass is 35.5. The summed E-state index contributed by atoms with van der Waals surface area (Å²) in [6.07, 6.45) is 7.09. The molecule has 0 spiro atoms. The van der Waals surface area contributed by atoms with Crippen molar-refractivity contribution in [1.29, 1.82) is 0 Å². The molecule has 0 aliphatic heterocycles. The minimum atomic E-state index is -0.306. The zero-order valence-corrected chi connectivity index (χ0v) is 14.0. The average Bonchev–Trinajstić information content (AvgIpc) is 2.90. The Morgan fingerprint density at radius 3 is 2.79 bits per heavy atom. The molecule has 1 aliphatic carbocycles. The number of amides is 2. The van der Waals surface area contributed by atoms with Crippen LogP contribution in [-0.4, -0.2) is 21.9 Å². The maximum atomic E-state index is 13.7. The van der Waals surface area contributed by atoms with Gasteiger partial charge in [0, 0.05) is 17.8 Å². The molecule has 7 heteroatoms. The van der Waals surface area contributed by atoms with Crippen LogP contribution in [0.25, 0.3) is 0 Å². The lowest BCUT2D eigenvalue weighted by Crippen LogP contribution is -2.39. The minimum Gasteiger partial charge on any atom is -0.335 e. The SMILES string of the molecule is O=C(Nc1nn(Cc2ccccc2F)cc1Cl)NC1CCCCC1. The molecule has 2 aromatic rings. The summed E-state index contributed by atoms with van der Waals surface area (Å²) in [4.78, 5) is 12.1. The molecule has 5 nitrogen and oxygen atoms in total. The van der Waals surface area contributed by atoms with E-state index in [0.717, 1.165) is 25.7 Å². The fourth-order valence-corrected chi connectivity index (χ4v) is 3.14. The van der Waals surface area contributed by atoms with Gasteiger partial charge < -0.3 is 5.32 Å². The molecule has 128 valence electrons. The lowest BCUT2D eigenvalue weighted by molar-refractivity contribution is 0.244. The number of nitrogens with zero attached hydrogens (tertiary/aromatic N) is 2. The first-order valence-electron chi connectivity index (χ1n) is 8.15. The van der Waals surface area contributed by atoms with Crippen molar-refractivity contribution in [2.24, 2.45) is 0 Å². The smallest absolute Gasteiger partial charge is 0.320 e. The molecule has 24 heavy (non-hydrogen) atoms. The maximum absolute atomic E-state index is 13.7. The molecule has 1 heterocycles. The van der Waals surface area contributed by atoms with Crippen LogP contribution in [0.4, 0.5) is 15.0 Å². The molecule has 2 N–H and O–H groups in total. The topological polar surface area (TPSA) is 59.0 Å². The first kappa shape index (κ1) is 16.8. The van der Waals surface area contributed by atoms with E-state index in [9.17, 15) is 9.18 Å². The Labute approximate surface area is 145 Å². The van der Waals surface area contributed by atoms with Gasteiger partial charge in [-0.1, -0.05) is 49.1 Å². The molecule has 2 amide bonds. The first-order chi connectivity index (χ1) is 11.6. The number of urea groups is 1. The summed E-state index contributed by atoms with van der Waals surface area (Å²) in [7, 11) is 0. The van der Waals surface area contributed by atoms with E-state index >= 15 is 0 Å². The number of anilines is 1. The highest BCUT2D eigenvalue weighted by Gasteiger charge is 2.17. The van der Waals surface area contributed by atoms with Crippen LogP contribution in [-0.2, 0) is 6.54 Å². The number of aromatic nitrogens is 2. The zero-order chi connectivity index (χ0) is 16.9. The van der Waals surface area contributed by atoms with Crippen molar-refractivity contribution in [2.75, 3.05) is 5.32 Å². The standard InChI is InChI=1S/C17H20ClFN4O/c18-14-11-23(10-12-6-4-5-9-15(12)19)22-16(14)21-17(24)20-13-7-2-1-3-8-13/h4-6,9,11,13H,1-3,7-8,10H2,(H2,20,21,22,24). The Hall–Kier alpha value is -2.08. The number of nitrogens with one attached hydrogen (secondary N) is 2. The van der Waals surface area contributed by atoms with Crippen LogP contribution >= 0.6 is 11.6 Å². The summed E-state index contributed by atoms with van der Waals surface area (Å²) in [5, 5.41) is 10.2. The van der Waals surface area contributed by atoms with Gasteiger partial charge in [-0.15, -0.1) is 0 Å². The van der Waals surface area contributed by atoms with Crippen LogP contribution in [0.5, 0.6) is 0 Å². The molecule has 1 aromatic carbocycles. The Bertz CT molecular complexity index is 712. The summed E-state index contributed by atoms with van der Waals surface area (Å²) in [5.41, 5.74) is 0.509. The largest absolute Gasteiger partial charge is 0.335 e. The van der Waals surface area contributed by atoms with E-state index < -0.39 is 0 Å². The predicted molar refractivity (Wildman–Crippen MR) is 91.8 cm³/mol. The van der Waals surface area contributed by atoms with Gasteiger partial charge in [0.05, 0.1) is 6.54 Å². The minimum absolute atomic E-state index is 0.207. The van der Waals surface area contributed by atoms with Crippen LogP contribution in [0.3, 0.4) is 0 Å². The van der Waals surface area contributed by atoms with E-state index in [0.29, 0.717) is 10.6 Å². The lowest BCUT2D eigenvalue weighted by atomic mass is 9.96. The molecule has 1 saturated carbocycles. The monoisotopic (exact) mass is 350 g/mol. The van der Waals surface area contributed by atoms with Gasteiger partial charge in [-0.2, -0.15) is 5.10 Å². The van der Waals surface area contributed by atoms with Gasteiger partial charge >= 0.3 is 6.03 Å². The van der Waals surface area contributed by atoms with Crippen molar-refractivity contribution in [1.82, 2.24) is 15.1 Å². The van der Waals surface area contributed by atoms with E-state index in [-0.39, 0.29) is 30.3 Å². The second-order valence-corrected chi connectivity index (χ2v) is 6.46. The molecule has 1 fully saturated rings. The third kappa shape index (κ3) is 4.26. The number of hydrogen-bond donors (Lipinski definition) is 2. The second-order valence-electron chi connectivity index (χ2n) is 6.05. The third-order valence-corrected chi connectivity index (χ3v) is 4.46. The summed E-state index contributed by atoms with van der Waals surface area (Å²) < 4.78 is 15.2. The van der Waals surface area contributed by atoms with E-state index in [2.05, 4.69) is 15.7 Å². The van der Waals surface area contributed by atoms with Crippen LogP contribution in [0.2, 0.25) is 5.02 Å². The maximum Gasteiger partial charge on any atom is 0.320 e. The van der Waals surface area contributed by atoms with Crippen molar-refractivity contribution < 1.29 is 9.18 Å². The fourth-order valence-electron chi connectivity index (χ4n) is 2.94. The fraction of sp³-hybridized carbons (Fsp3) is 0.412. The second kappa shape index (κ2) is 7.66. The molecule has 1 aliphatic rings. The highest BCUT2D eigenvalue weighted by Crippen LogP contribution is 2.21. The summed E-state index contributed by atoms with van der Waals surface area (Å²) in [6.45, 7) is 0.248. The molecule has 0 bridgehead atoms. The van der Waals surface area contributed by atoms with E-state index in [4.69, 9.17) is 11.6 Å². The number of carbonyl (C=O) groups is 1. The molecule has 0 saturated heterocycles. The van der Waals surface area contributed by atoms with Crippen LogP contribution in [0, 0.1) is 5.82 Å². The molecular weight excluding hydrogens is 331 g/mol. The van der Waals surface area contributed by atoms with Gasteiger partial charge in [0.25, 0.3) is 0 Å². The summed E-state index contributed by atoms with van der Waals surface area (Å²) in [5.74, 6) is -0.0185. The van der Waals surface area contributed by atoms with E-state index in [1.54, 1.807) is 24.4 Å². The zero-order valence-electron chi connectivity index (χ0n) is 13.3. The van der Waals surface area contributed by atoms with Crippen LogP contribution in [0.1, 0.15) is 37.7 Å². The van der Waals surface area contributed by atoms with Crippen LogP contribution < -0.4 is 10.6 Å². The Kier molecular flexibility index (Phi) is 5.35.